The van der Waals surface area contributed by atoms with Crippen LogP contribution in [0, 0.1) is 33.8 Å². The van der Waals surface area contributed by atoms with Gasteiger partial charge >= 0.3 is 5.97 Å². The number of carbonyl (C=O) groups excluding carboxylic acids is 4. The second-order valence-electron chi connectivity index (χ2n) is 9.60. The first kappa shape index (κ1) is 25.1. The van der Waals surface area contributed by atoms with E-state index in [1.165, 1.54) is 42.3 Å². The van der Waals surface area contributed by atoms with Gasteiger partial charge in [0.1, 0.15) is 11.5 Å². The largest absolute Gasteiger partial charge is 0.494 e. The summed E-state index contributed by atoms with van der Waals surface area (Å²) in [5.74, 6) is -2.91. The molecule has 3 amide bonds. The molecule has 0 bridgehead atoms. The van der Waals surface area contributed by atoms with Crippen LogP contribution in [0.3, 0.4) is 0 Å². The molecular weight excluding hydrogens is 494 g/mol. The highest BCUT2D eigenvalue weighted by Gasteiger charge is 2.50. The quantitative estimate of drug-likeness (QED) is 0.142. The van der Waals surface area contributed by atoms with Crippen LogP contribution in [0.2, 0.25) is 0 Å². The summed E-state index contributed by atoms with van der Waals surface area (Å²) in [5, 5.41) is 11.1. The molecule has 196 valence electrons. The number of nitro groups is 1. The summed E-state index contributed by atoms with van der Waals surface area (Å²) in [6, 6.07) is 10.1. The fourth-order valence-electron chi connectivity index (χ4n) is 5.39. The average Bonchev–Trinajstić information content (AvgIpc) is 3.41. The number of carbonyl (C=O) groups is 4. The summed E-state index contributed by atoms with van der Waals surface area (Å²) in [6.45, 7) is 1.92. The maximum Gasteiger partial charge on any atom is 0.316 e. The van der Waals surface area contributed by atoms with Crippen LogP contribution in [0.15, 0.2) is 54.6 Å². The number of esters is 1. The maximum absolute atomic E-state index is 13.1. The Morgan fingerprint density at radius 2 is 1.89 bits per heavy atom. The van der Waals surface area contributed by atoms with E-state index in [0.717, 1.165) is 4.90 Å². The van der Waals surface area contributed by atoms with Crippen molar-refractivity contribution in [2.75, 3.05) is 23.5 Å². The van der Waals surface area contributed by atoms with Crippen LogP contribution in [0.1, 0.15) is 19.8 Å². The van der Waals surface area contributed by atoms with Crippen LogP contribution >= 0.6 is 0 Å². The van der Waals surface area contributed by atoms with Crippen molar-refractivity contribution < 1.29 is 33.6 Å². The number of fused-ring (bicyclic) bond motifs is 1. The van der Waals surface area contributed by atoms with E-state index in [1.807, 2.05) is 19.1 Å². The second kappa shape index (κ2) is 9.73. The van der Waals surface area contributed by atoms with Crippen molar-refractivity contribution in [1.82, 2.24) is 0 Å². The Bertz CT molecular complexity index is 1390. The number of anilines is 2. The van der Waals surface area contributed by atoms with Gasteiger partial charge < -0.3 is 14.4 Å². The molecule has 0 N–H and O–H groups in total. The Labute approximate surface area is 217 Å². The number of methoxy groups -OCH3 is 1. The molecule has 2 saturated heterocycles. The van der Waals surface area contributed by atoms with E-state index < -0.39 is 28.6 Å². The lowest BCUT2D eigenvalue weighted by Gasteiger charge is -2.22. The Hall–Kier alpha value is -4.54. The van der Waals surface area contributed by atoms with Crippen LogP contribution in [0.25, 0.3) is 0 Å². The number of non-ortho nitro benzene ring substituents is 1. The molecule has 0 aromatic heterocycles. The van der Waals surface area contributed by atoms with Crippen LogP contribution in [-0.2, 0) is 19.2 Å². The molecule has 2 aromatic rings. The molecular formula is C27H25N3O8. The van der Waals surface area contributed by atoms with Crippen LogP contribution in [0.4, 0.5) is 17.1 Å². The number of benzene rings is 2. The van der Waals surface area contributed by atoms with Gasteiger partial charge in [-0.3, -0.25) is 29.3 Å². The van der Waals surface area contributed by atoms with E-state index in [9.17, 15) is 29.3 Å². The molecule has 38 heavy (non-hydrogen) atoms. The first-order valence-corrected chi connectivity index (χ1v) is 12.2. The summed E-state index contributed by atoms with van der Waals surface area (Å²) in [4.78, 5) is 64.8. The van der Waals surface area contributed by atoms with Crippen LogP contribution in [0.5, 0.6) is 11.5 Å². The molecule has 4 atom stereocenters. The van der Waals surface area contributed by atoms with E-state index in [4.69, 9.17) is 9.47 Å². The predicted molar refractivity (Wildman–Crippen MR) is 135 cm³/mol. The van der Waals surface area contributed by atoms with E-state index in [-0.39, 0.29) is 53.8 Å². The molecule has 11 nitrogen and oxygen atoms in total. The number of allylic oxidation sites excluding steroid dienone is 2. The van der Waals surface area contributed by atoms with Crippen LogP contribution in [-0.4, -0.2) is 42.3 Å². The fourth-order valence-corrected chi connectivity index (χ4v) is 5.39. The van der Waals surface area contributed by atoms with Gasteiger partial charge in [0.2, 0.25) is 17.7 Å². The number of rotatable bonds is 6. The SMILES string of the molecule is COc1cc([N+](=O)[O-])ccc1N1C[C@H](C(=O)Oc2cccc(N3C(=O)[C@H]4[C@@H](C)C=CC[C@H]4C3=O)c2)CC1=O. The highest BCUT2D eigenvalue weighted by Crippen LogP contribution is 2.41. The average molecular weight is 520 g/mol. The van der Waals surface area contributed by atoms with Gasteiger partial charge in [0.15, 0.2) is 0 Å². The van der Waals surface area contributed by atoms with Crippen molar-refractivity contribution in [3.05, 3.63) is 64.7 Å². The molecule has 2 aliphatic heterocycles. The molecule has 5 rings (SSSR count). The number of amides is 3. The summed E-state index contributed by atoms with van der Waals surface area (Å²) >= 11 is 0. The normalized spacial score (nSPS) is 24.5. The molecule has 1 aliphatic carbocycles. The maximum atomic E-state index is 13.1. The molecule has 0 saturated carbocycles. The van der Waals surface area contributed by atoms with Gasteiger partial charge in [0.25, 0.3) is 5.69 Å². The van der Waals surface area contributed by atoms with Gasteiger partial charge in [0.05, 0.1) is 47.2 Å². The fraction of sp³-hybridized carbons (Fsp3) is 0.333. The molecule has 2 fully saturated rings. The third-order valence-corrected chi connectivity index (χ3v) is 7.29. The zero-order chi connectivity index (χ0) is 27.1. The number of nitro benzene ring substituents is 1. The molecule has 2 heterocycles. The highest BCUT2D eigenvalue weighted by atomic mass is 16.6. The predicted octanol–water partition coefficient (Wildman–Crippen LogP) is 3.26. The number of hydrogen-bond acceptors (Lipinski definition) is 8. The lowest BCUT2D eigenvalue weighted by Crippen LogP contribution is -2.31. The molecule has 11 heteroatoms. The van der Waals surface area contributed by atoms with Crippen molar-refractivity contribution in [2.45, 2.75) is 19.8 Å². The van der Waals surface area contributed by atoms with E-state index >= 15 is 0 Å². The van der Waals surface area contributed by atoms with Gasteiger partial charge in [-0.2, -0.15) is 0 Å². The van der Waals surface area contributed by atoms with Gasteiger partial charge in [-0.05, 0) is 30.5 Å². The van der Waals surface area contributed by atoms with Gasteiger partial charge in [-0.1, -0.05) is 25.1 Å². The summed E-state index contributed by atoms with van der Waals surface area (Å²) < 4.78 is 10.8. The zero-order valence-corrected chi connectivity index (χ0v) is 20.7. The second-order valence-corrected chi connectivity index (χ2v) is 9.60. The van der Waals surface area contributed by atoms with Crippen molar-refractivity contribution >= 4 is 40.8 Å². The van der Waals surface area contributed by atoms with E-state index in [2.05, 4.69) is 0 Å². The van der Waals surface area contributed by atoms with Crippen molar-refractivity contribution in [3.63, 3.8) is 0 Å². The topological polar surface area (TPSA) is 136 Å². The highest BCUT2D eigenvalue weighted by molar-refractivity contribution is 6.22. The minimum absolute atomic E-state index is 0.00285. The van der Waals surface area contributed by atoms with E-state index in [0.29, 0.717) is 17.8 Å². The Balaban J connectivity index is 1.30. The van der Waals surface area contributed by atoms with Gasteiger partial charge in [-0.25, -0.2) is 4.90 Å². The number of ether oxygens (including phenoxy) is 2. The number of hydrogen-bond donors (Lipinski definition) is 0. The minimum atomic E-state index is -0.795. The molecule has 0 radical (unpaired) electrons. The first-order valence-electron chi connectivity index (χ1n) is 12.2. The third-order valence-electron chi connectivity index (χ3n) is 7.29. The molecule has 2 aromatic carbocycles. The Morgan fingerprint density at radius 1 is 1.11 bits per heavy atom. The first-order chi connectivity index (χ1) is 18.2. The van der Waals surface area contributed by atoms with Gasteiger partial charge in [0, 0.05) is 25.1 Å². The standard InChI is InChI=1S/C27H25N3O8/c1-15-5-3-8-20-24(15)26(33)29(25(20)32)17-6-4-7-19(12-17)38-27(34)16-11-23(31)28(14-16)21-10-9-18(30(35)36)13-22(21)37-2/h3-7,9-10,12-13,15-16,20,24H,8,11,14H2,1-2H3/t15-,16+,20+,24-/m0/s1. The Kier molecular flexibility index (Phi) is 6.43. The third kappa shape index (κ3) is 4.29. The Morgan fingerprint density at radius 3 is 2.61 bits per heavy atom. The monoisotopic (exact) mass is 519 g/mol. The smallest absolute Gasteiger partial charge is 0.316 e. The lowest BCUT2D eigenvalue weighted by molar-refractivity contribution is -0.384. The van der Waals surface area contributed by atoms with E-state index in [1.54, 1.807) is 12.1 Å². The van der Waals surface area contributed by atoms with Crippen molar-refractivity contribution in [3.8, 4) is 11.5 Å². The van der Waals surface area contributed by atoms with Gasteiger partial charge in [-0.15, -0.1) is 0 Å². The molecule has 3 aliphatic rings. The zero-order valence-electron chi connectivity index (χ0n) is 20.7. The van der Waals surface area contributed by atoms with Crippen LogP contribution < -0.4 is 19.3 Å². The summed E-state index contributed by atoms with van der Waals surface area (Å²) in [7, 11) is 1.34. The number of nitrogens with zero attached hydrogens (tertiary/aromatic N) is 3. The minimum Gasteiger partial charge on any atom is -0.494 e. The number of imide groups is 1. The van der Waals surface area contributed by atoms with Crippen molar-refractivity contribution in [2.24, 2.45) is 23.7 Å². The van der Waals surface area contributed by atoms with Crippen molar-refractivity contribution in [1.29, 1.82) is 0 Å². The summed E-state index contributed by atoms with van der Waals surface area (Å²) in [5.41, 5.74) is 0.455. The molecule has 0 unspecified atom stereocenters. The molecule has 0 spiro atoms. The lowest BCUT2D eigenvalue weighted by atomic mass is 9.78. The summed E-state index contributed by atoms with van der Waals surface area (Å²) in [6.07, 6.45) is 4.27.